The predicted molar refractivity (Wildman–Crippen MR) is 69.0 cm³/mol. The van der Waals surface area contributed by atoms with Crippen molar-refractivity contribution in [2.24, 2.45) is 0 Å². The molecule has 0 N–H and O–H groups in total. The van der Waals surface area contributed by atoms with E-state index in [1.54, 1.807) is 12.1 Å². The quantitative estimate of drug-likeness (QED) is 0.616. The molecule has 0 bridgehead atoms. The minimum atomic E-state index is 0. The van der Waals surface area contributed by atoms with Crippen LogP contribution in [0.25, 0.3) is 0 Å². The van der Waals surface area contributed by atoms with Crippen molar-refractivity contribution in [2.45, 2.75) is 6.61 Å². The first-order chi connectivity index (χ1) is 9.83. The minimum absolute atomic E-state index is 0. The third kappa shape index (κ3) is 38.1. The van der Waals surface area contributed by atoms with Gasteiger partial charge in [-0.3, -0.25) is 24.0 Å². The van der Waals surface area contributed by atoms with Crippen molar-refractivity contribution in [1.82, 2.24) is 0 Å². The second-order valence-electron chi connectivity index (χ2n) is 1.94. The Bertz CT molecular complexity index is 262. The Balaban J connectivity index is -0.0000000440. The van der Waals surface area contributed by atoms with E-state index in [1.165, 1.54) is 0 Å². The molecule has 0 atom stereocenters. The van der Waals surface area contributed by atoms with E-state index in [4.69, 9.17) is 42.7 Å². The summed E-state index contributed by atoms with van der Waals surface area (Å²) in [5.74, 6) is 0. The molecule has 0 amide bonds. The standard InChI is InChI=1S/C8H7ClO.5CO.W/c1-10-6-7-2-4-8(9)5-3-7;5*1-2;/h1-5H,6H2;;;;;;. The molecule has 8 heteroatoms. The van der Waals surface area contributed by atoms with Gasteiger partial charge in [0.2, 0.25) is 0 Å². The summed E-state index contributed by atoms with van der Waals surface area (Å²) in [6.45, 7) is 22.9. The first-order valence-electron chi connectivity index (χ1n) is 3.91. The molecule has 0 aliphatic rings. The van der Waals surface area contributed by atoms with Crippen LogP contribution >= 0.6 is 11.6 Å². The Hall–Kier alpha value is -1.49. The summed E-state index contributed by atoms with van der Waals surface area (Å²) >= 11 is 5.64. The molecule has 6 nitrogen and oxygen atoms in total. The molecule has 12 radical (unpaired) electrons. The normalized spacial score (nSPS) is 5.62. The van der Waals surface area contributed by atoms with Crippen molar-refractivity contribution in [3.63, 3.8) is 0 Å². The van der Waals surface area contributed by atoms with Gasteiger partial charge < -0.3 is 4.74 Å². The van der Waals surface area contributed by atoms with E-state index < -0.39 is 0 Å². The third-order valence-corrected chi connectivity index (χ3v) is 1.42. The number of rotatable bonds is 2. The van der Waals surface area contributed by atoms with Gasteiger partial charge in [-0.2, -0.15) is 0 Å². The van der Waals surface area contributed by atoms with Gasteiger partial charge >= 0.3 is 0 Å². The Kier molecular flexibility index (Phi) is 89.6. The molecule has 1 aromatic rings. The maximum Gasteiger partial charge on any atom is 0.281 e. The number of halogens is 1. The molecule has 0 aliphatic carbocycles. The summed E-state index contributed by atoms with van der Waals surface area (Å²) in [5.41, 5.74) is 1.02. The van der Waals surface area contributed by atoms with Crippen LogP contribution in [0.3, 0.4) is 0 Å². The van der Waals surface area contributed by atoms with Gasteiger partial charge in [-0.15, -0.1) is 0 Å². The average Bonchev–Trinajstić information content (AvgIpc) is 2.59. The smallest absolute Gasteiger partial charge is 0.281 e. The zero-order chi connectivity index (χ0) is 17.4. The van der Waals surface area contributed by atoms with Crippen LogP contribution in [-0.4, -0.2) is 33.9 Å². The van der Waals surface area contributed by atoms with E-state index in [0.29, 0.717) is 6.61 Å². The van der Waals surface area contributed by atoms with Gasteiger partial charge in [0.1, 0.15) is 7.11 Å². The van der Waals surface area contributed by atoms with Crippen molar-refractivity contribution >= 4 is 45.5 Å². The molecular weight excluding hydrogens is 471 g/mol. The maximum absolute atomic E-state index is 7.50. The summed E-state index contributed by atoms with van der Waals surface area (Å²) in [5, 5.41) is 0.723. The first kappa shape index (κ1) is 36.6. The molecule has 0 fully saturated rings. The molecule has 0 saturated heterocycles. The van der Waals surface area contributed by atoms with Gasteiger partial charge in [0.15, 0.2) is 0 Å². The van der Waals surface area contributed by atoms with E-state index in [0.717, 1.165) is 10.6 Å². The van der Waals surface area contributed by atoms with Crippen molar-refractivity contribution in [1.29, 1.82) is 0 Å². The number of carbonyl (C=O) groups excluding carboxylic acids is 5. The zero-order valence-electron chi connectivity index (χ0n) is 10.3. The molecule has 0 saturated carbocycles. The van der Waals surface area contributed by atoms with Crippen molar-refractivity contribution in [3.8, 4) is 0 Å². The zero-order valence-corrected chi connectivity index (χ0v) is 14.0. The van der Waals surface area contributed by atoms with E-state index in [9.17, 15) is 0 Å². The topological polar surface area (TPSA) is 94.6 Å². The summed E-state index contributed by atoms with van der Waals surface area (Å²) in [7, 11) is 4.87. The average molecular weight is 478 g/mol. The van der Waals surface area contributed by atoms with Crippen LogP contribution < -0.4 is 0 Å². The predicted octanol–water partition coefficient (Wildman–Crippen LogP) is 0.537. The maximum atomic E-state index is 7.50. The summed E-state index contributed by atoms with van der Waals surface area (Å²) in [6, 6.07) is 7.34. The number of hydrogen-bond donors (Lipinski definition) is 0. The molecule has 0 heterocycles. The van der Waals surface area contributed by atoms with E-state index in [2.05, 4.69) is 38.7 Å². The summed E-state index contributed by atoms with van der Waals surface area (Å²) in [6.07, 6.45) is 0. The second kappa shape index (κ2) is 51.4. The second-order valence-corrected chi connectivity index (χ2v) is 2.37. The molecule has 1 aromatic carbocycles. The van der Waals surface area contributed by atoms with Crippen LogP contribution in [0.5, 0.6) is 0 Å². The monoisotopic (exact) mass is 478 g/mol. The first-order valence-corrected chi connectivity index (χ1v) is 4.29. The SMILES string of the molecule is [CH]OCc1ccc(Cl)cc1.[C]=O.[C]=O.[C]=O.[C]=O.[C]=O.[W]. The Morgan fingerprint density at radius 1 is 0.810 bits per heavy atom. The molecule has 108 valence electrons. The van der Waals surface area contributed by atoms with Crippen LogP contribution in [0.4, 0.5) is 0 Å². The fourth-order valence-electron chi connectivity index (χ4n) is 0.677. The number of benzene rings is 1. The minimum Gasteiger partial charge on any atom is -0.368 e. The summed E-state index contributed by atoms with van der Waals surface area (Å²) < 4.78 is 4.42. The number of hydrogen-bond acceptors (Lipinski definition) is 6. The molecular formula is C13H7ClO6W. The van der Waals surface area contributed by atoms with Gasteiger partial charge in [0.05, 0.1) is 6.61 Å². The van der Waals surface area contributed by atoms with E-state index in [1.807, 2.05) is 12.1 Å². The fraction of sp³-hybridized carbons (Fsp3) is 0.0769. The molecule has 1 rings (SSSR count). The molecule has 21 heavy (non-hydrogen) atoms. The molecule has 0 aromatic heterocycles. The van der Waals surface area contributed by atoms with Crippen molar-refractivity contribution in [2.75, 3.05) is 0 Å². The van der Waals surface area contributed by atoms with Gasteiger partial charge in [-0.25, -0.2) is 0 Å². The van der Waals surface area contributed by atoms with Crippen molar-refractivity contribution < 1.29 is 49.8 Å². The van der Waals surface area contributed by atoms with E-state index in [-0.39, 0.29) is 21.1 Å². The Morgan fingerprint density at radius 2 is 1.10 bits per heavy atom. The van der Waals surface area contributed by atoms with Crippen LogP contribution in [0.2, 0.25) is 5.02 Å². The fourth-order valence-corrected chi connectivity index (χ4v) is 0.803. The molecule has 0 unspecified atom stereocenters. The van der Waals surface area contributed by atoms with Crippen LogP contribution in [-0.2, 0) is 56.4 Å². The van der Waals surface area contributed by atoms with Crippen molar-refractivity contribution in [3.05, 3.63) is 42.0 Å². The van der Waals surface area contributed by atoms with Crippen LogP contribution in [0.15, 0.2) is 24.3 Å². The van der Waals surface area contributed by atoms with Gasteiger partial charge in [0, 0.05) is 26.1 Å². The largest absolute Gasteiger partial charge is 0.368 e. The van der Waals surface area contributed by atoms with Crippen LogP contribution in [0, 0.1) is 7.11 Å². The van der Waals surface area contributed by atoms with E-state index >= 15 is 0 Å². The summed E-state index contributed by atoms with van der Waals surface area (Å²) in [4.78, 5) is 37.5. The van der Waals surface area contributed by atoms with Gasteiger partial charge in [-0.05, 0) is 17.7 Å². The van der Waals surface area contributed by atoms with Gasteiger partial charge in [0.25, 0.3) is 33.9 Å². The van der Waals surface area contributed by atoms with Crippen LogP contribution in [0.1, 0.15) is 5.56 Å². The number of ether oxygens (including phenoxy) is 1. The molecule has 0 aliphatic heterocycles. The third-order valence-electron chi connectivity index (χ3n) is 1.16. The van der Waals surface area contributed by atoms with Gasteiger partial charge in [-0.1, -0.05) is 23.7 Å². The molecule has 0 spiro atoms. The Morgan fingerprint density at radius 3 is 1.33 bits per heavy atom. The Labute approximate surface area is 144 Å².